The fourth-order valence-corrected chi connectivity index (χ4v) is 3.78. The number of hydrogen-bond acceptors (Lipinski definition) is 3. The van der Waals surface area contributed by atoms with Crippen LogP contribution < -0.4 is 10.2 Å². The van der Waals surface area contributed by atoms with Gasteiger partial charge in [0.1, 0.15) is 17.3 Å². The molecule has 1 atom stereocenters. The van der Waals surface area contributed by atoms with Gasteiger partial charge in [-0.15, -0.1) is 0 Å². The van der Waals surface area contributed by atoms with E-state index in [1.807, 2.05) is 31.2 Å². The predicted octanol–water partition coefficient (Wildman–Crippen LogP) is 3.98. The van der Waals surface area contributed by atoms with E-state index < -0.39 is 17.5 Å². The van der Waals surface area contributed by atoms with Gasteiger partial charge in [-0.05, 0) is 43.2 Å². The third-order valence-electron chi connectivity index (χ3n) is 5.36. The van der Waals surface area contributed by atoms with E-state index >= 15 is 0 Å². The molecule has 1 fully saturated rings. The van der Waals surface area contributed by atoms with Crippen LogP contribution in [0.15, 0.2) is 48.7 Å². The van der Waals surface area contributed by atoms with Crippen LogP contribution in [0.5, 0.6) is 0 Å². The molecule has 2 amide bonds. The Bertz CT molecular complexity index is 1160. The molecule has 4 rings (SSSR count). The minimum atomic E-state index is -0.788. The summed E-state index contributed by atoms with van der Waals surface area (Å²) in [5.74, 6) is -1.82. The van der Waals surface area contributed by atoms with E-state index in [0.29, 0.717) is 13.0 Å². The molecule has 1 unspecified atom stereocenters. The fourth-order valence-electron chi connectivity index (χ4n) is 3.78. The lowest BCUT2D eigenvalue weighted by molar-refractivity contribution is -0.117. The number of halogens is 2. The standard InChI is InChI=1S/C23H22F2N4O2/c1-14(15-5-3-6-17(11-15)29-10-4-7-21(29)30)26-23(31)19-13-28(2)27-22(19)18-9-8-16(24)12-20(18)25/h3,5-6,8-9,11-14H,4,7,10H2,1-2H3,(H,26,31). The lowest BCUT2D eigenvalue weighted by Crippen LogP contribution is -2.27. The van der Waals surface area contributed by atoms with Gasteiger partial charge in [-0.25, -0.2) is 8.78 Å². The van der Waals surface area contributed by atoms with E-state index in [2.05, 4.69) is 10.4 Å². The molecule has 1 saturated heterocycles. The molecule has 2 heterocycles. The Balaban J connectivity index is 1.57. The molecular weight excluding hydrogens is 402 g/mol. The van der Waals surface area contributed by atoms with Crippen LogP contribution in [0.1, 0.15) is 41.7 Å². The Morgan fingerprint density at radius 3 is 2.71 bits per heavy atom. The SMILES string of the molecule is CC(NC(=O)c1cn(C)nc1-c1ccc(F)cc1F)c1cccc(N2CCCC2=O)c1. The highest BCUT2D eigenvalue weighted by molar-refractivity contribution is 6.00. The summed E-state index contributed by atoms with van der Waals surface area (Å²) < 4.78 is 29.0. The Kier molecular flexibility index (Phi) is 5.54. The second-order valence-corrected chi connectivity index (χ2v) is 7.63. The quantitative estimate of drug-likeness (QED) is 0.674. The van der Waals surface area contributed by atoms with Gasteiger partial charge in [0.15, 0.2) is 0 Å². The van der Waals surface area contributed by atoms with Crippen molar-refractivity contribution in [2.24, 2.45) is 7.05 Å². The number of carbonyl (C=O) groups is 2. The third kappa shape index (κ3) is 4.19. The molecule has 2 aromatic carbocycles. The maximum atomic E-state index is 14.3. The van der Waals surface area contributed by atoms with Crippen molar-refractivity contribution in [3.8, 4) is 11.3 Å². The number of amides is 2. The normalized spacial score (nSPS) is 14.7. The number of anilines is 1. The number of hydrogen-bond donors (Lipinski definition) is 1. The molecule has 6 nitrogen and oxygen atoms in total. The first-order chi connectivity index (χ1) is 14.8. The van der Waals surface area contributed by atoms with Gasteiger partial charge in [-0.2, -0.15) is 5.10 Å². The average Bonchev–Trinajstić information content (AvgIpc) is 3.33. The molecule has 1 aliphatic rings. The molecule has 0 bridgehead atoms. The van der Waals surface area contributed by atoms with Crippen molar-refractivity contribution < 1.29 is 18.4 Å². The van der Waals surface area contributed by atoms with E-state index in [1.165, 1.54) is 16.9 Å². The third-order valence-corrected chi connectivity index (χ3v) is 5.36. The molecule has 0 radical (unpaired) electrons. The van der Waals surface area contributed by atoms with Crippen molar-refractivity contribution in [2.75, 3.05) is 11.4 Å². The molecule has 0 spiro atoms. The molecular formula is C23H22F2N4O2. The highest BCUT2D eigenvalue weighted by Gasteiger charge is 2.24. The lowest BCUT2D eigenvalue weighted by atomic mass is 10.0. The molecule has 0 aliphatic carbocycles. The summed E-state index contributed by atoms with van der Waals surface area (Å²) in [5.41, 5.74) is 2.02. The van der Waals surface area contributed by atoms with Crippen LogP contribution in [0.25, 0.3) is 11.3 Å². The summed E-state index contributed by atoms with van der Waals surface area (Å²) in [6.07, 6.45) is 2.87. The van der Waals surface area contributed by atoms with E-state index in [4.69, 9.17) is 0 Å². The van der Waals surface area contributed by atoms with Gasteiger partial charge in [0.25, 0.3) is 5.91 Å². The molecule has 1 aliphatic heterocycles. The largest absolute Gasteiger partial charge is 0.345 e. The van der Waals surface area contributed by atoms with Crippen LogP contribution in [0, 0.1) is 11.6 Å². The Morgan fingerprint density at radius 2 is 2.00 bits per heavy atom. The Morgan fingerprint density at radius 1 is 1.19 bits per heavy atom. The van der Waals surface area contributed by atoms with Gasteiger partial charge in [0.05, 0.1) is 11.6 Å². The first-order valence-corrected chi connectivity index (χ1v) is 10.0. The minimum Gasteiger partial charge on any atom is -0.345 e. The number of nitrogens with one attached hydrogen (secondary N) is 1. The zero-order valence-electron chi connectivity index (χ0n) is 17.2. The predicted molar refractivity (Wildman–Crippen MR) is 112 cm³/mol. The maximum absolute atomic E-state index is 14.3. The van der Waals surface area contributed by atoms with Gasteiger partial charge in [0, 0.05) is 43.5 Å². The number of nitrogens with zero attached hydrogens (tertiary/aromatic N) is 3. The van der Waals surface area contributed by atoms with Crippen molar-refractivity contribution in [1.29, 1.82) is 0 Å². The first kappa shape index (κ1) is 20.7. The summed E-state index contributed by atoms with van der Waals surface area (Å²) in [7, 11) is 1.63. The van der Waals surface area contributed by atoms with Crippen LogP contribution in [-0.2, 0) is 11.8 Å². The Labute approximate surface area is 178 Å². The monoisotopic (exact) mass is 424 g/mol. The molecule has 1 N–H and O–H groups in total. The second kappa shape index (κ2) is 8.29. The Hall–Kier alpha value is -3.55. The van der Waals surface area contributed by atoms with Gasteiger partial charge < -0.3 is 10.2 Å². The van der Waals surface area contributed by atoms with Gasteiger partial charge in [-0.1, -0.05) is 12.1 Å². The van der Waals surface area contributed by atoms with Crippen LogP contribution in [0.4, 0.5) is 14.5 Å². The van der Waals surface area contributed by atoms with Crippen molar-refractivity contribution >= 4 is 17.5 Å². The number of aryl methyl sites for hydroxylation is 1. The number of carbonyl (C=O) groups excluding carboxylic acids is 2. The van der Waals surface area contributed by atoms with Crippen LogP contribution in [-0.4, -0.2) is 28.1 Å². The van der Waals surface area contributed by atoms with Gasteiger partial charge in [-0.3, -0.25) is 14.3 Å². The van der Waals surface area contributed by atoms with E-state index in [-0.39, 0.29) is 28.8 Å². The van der Waals surface area contributed by atoms with Gasteiger partial charge in [0.2, 0.25) is 5.91 Å². The highest BCUT2D eigenvalue weighted by Crippen LogP contribution is 2.27. The maximum Gasteiger partial charge on any atom is 0.255 e. The van der Waals surface area contributed by atoms with E-state index in [0.717, 1.165) is 29.8 Å². The second-order valence-electron chi connectivity index (χ2n) is 7.63. The van der Waals surface area contributed by atoms with Crippen molar-refractivity contribution in [3.63, 3.8) is 0 Å². The van der Waals surface area contributed by atoms with Gasteiger partial charge >= 0.3 is 0 Å². The van der Waals surface area contributed by atoms with Crippen LogP contribution >= 0.6 is 0 Å². The zero-order chi connectivity index (χ0) is 22.1. The topological polar surface area (TPSA) is 67.2 Å². The number of aromatic nitrogens is 2. The molecule has 3 aromatic rings. The molecule has 8 heteroatoms. The number of benzene rings is 2. The van der Waals surface area contributed by atoms with Crippen LogP contribution in [0.2, 0.25) is 0 Å². The summed E-state index contributed by atoms with van der Waals surface area (Å²) in [6, 6.07) is 10.3. The van der Waals surface area contributed by atoms with Crippen LogP contribution in [0.3, 0.4) is 0 Å². The van der Waals surface area contributed by atoms with E-state index in [1.54, 1.807) is 11.9 Å². The lowest BCUT2D eigenvalue weighted by Gasteiger charge is -2.19. The fraction of sp³-hybridized carbons (Fsp3) is 0.261. The molecule has 160 valence electrons. The van der Waals surface area contributed by atoms with E-state index in [9.17, 15) is 18.4 Å². The highest BCUT2D eigenvalue weighted by atomic mass is 19.1. The van der Waals surface area contributed by atoms with Crippen molar-refractivity contribution in [1.82, 2.24) is 15.1 Å². The summed E-state index contributed by atoms with van der Waals surface area (Å²) in [4.78, 5) is 26.8. The minimum absolute atomic E-state index is 0.0503. The van der Waals surface area contributed by atoms with Crippen molar-refractivity contribution in [3.05, 3.63) is 71.4 Å². The van der Waals surface area contributed by atoms with Crippen molar-refractivity contribution in [2.45, 2.75) is 25.8 Å². The smallest absolute Gasteiger partial charge is 0.255 e. The zero-order valence-corrected chi connectivity index (χ0v) is 17.2. The molecule has 31 heavy (non-hydrogen) atoms. The first-order valence-electron chi connectivity index (χ1n) is 10.0. The average molecular weight is 424 g/mol. The summed E-state index contributed by atoms with van der Waals surface area (Å²) >= 11 is 0. The number of rotatable bonds is 5. The summed E-state index contributed by atoms with van der Waals surface area (Å²) in [6.45, 7) is 2.52. The summed E-state index contributed by atoms with van der Waals surface area (Å²) in [5, 5.41) is 7.10. The molecule has 0 saturated carbocycles. The molecule has 1 aromatic heterocycles.